The molecule has 5 heteroatoms. The van der Waals surface area contributed by atoms with Crippen molar-refractivity contribution in [1.29, 1.82) is 0 Å². The molecule has 4 nitrogen and oxygen atoms in total. The molecule has 2 heterocycles. The number of allylic oxidation sites excluding steroid dienone is 2. The average Bonchev–Trinajstić information content (AvgIpc) is 3.08. The fraction of sp³-hybridized carbons (Fsp3) is 0.462. The highest BCUT2D eigenvalue weighted by molar-refractivity contribution is 7.13. The van der Waals surface area contributed by atoms with Crippen LogP contribution in [-0.4, -0.2) is 20.0 Å². The molecule has 0 atom stereocenters. The van der Waals surface area contributed by atoms with Crippen LogP contribution in [0.1, 0.15) is 32.1 Å². The van der Waals surface area contributed by atoms with Gasteiger partial charge in [-0.3, -0.25) is 4.68 Å². The van der Waals surface area contributed by atoms with Gasteiger partial charge in [-0.05, 0) is 32.1 Å². The molecule has 0 saturated heterocycles. The Kier molecular flexibility index (Phi) is 3.50. The molecule has 0 fully saturated rings. The molecule has 2 aromatic heterocycles. The summed E-state index contributed by atoms with van der Waals surface area (Å²) in [5, 5.41) is 11.2. The monoisotopic (exact) mass is 260 g/mol. The van der Waals surface area contributed by atoms with Crippen LogP contribution in [0.4, 0.5) is 0 Å². The largest absolute Gasteiger partial charge is 0.251 e. The highest BCUT2D eigenvalue weighted by Gasteiger charge is 2.07. The lowest BCUT2D eigenvalue weighted by atomic mass is 9.97. The Morgan fingerprint density at radius 1 is 1.33 bits per heavy atom. The zero-order valence-corrected chi connectivity index (χ0v) is 11.1. The van der Waals surface area contributed by atoms with Crippen molar-refractivity contribution < 1.29 is 0 Å². The molecule has 3 rings (SSSR count). The number of thiazole rings is 1. The van der Waals surface area contributed by atoms with Crippen LogP contribution in [0, 0.1) is 0 Å². The maximum Gasteiger partial charge on any atom is 0.145 e. The number of hydrogen-bond donors (Lipinski definition) is 0. The SMILES string of the molecule is C1=C(CCn2cc(-c3nccs3)nn2)CCCC1. The van der Waals surface area contributed by atoms with Crippen LogP contribution in [0.3, 0.4) is 0 Å². The molecule has 1 aliphatic rings. The Morgan fingerprint density at radius 2 is 2.33 bits per heavy atom. The summed E-state index contributed by atoms with van der Waals surface area (Å²) in [7, 11) is 0. The van der Waals surface area contributed by atoms with Crippen molar-refractivity contribution in [3.63, 3.8) is 0 Å². The average molecular weight is 260 g/mol. The third kappa shape index (κ3) is 2.67. The third-order valence-corrected chi connectivity index (χ3v) is 4.03. The second kappa shape index (κ2) is 5.44. The lowest BCUT2D eigenvalue weighted by molar-refractivity contribution is 0.565. The van der Waals surface area contributed by atoms with E-state index in [2.05, 4.69) is 21.4 Å². The quantitative estimate of drug-likeness (QED) is 0.792. The molecule has 0 saturated carbocycles. The van der Waals surface area contributed by atoms with Gasteiger partial charge < -0.3 is 0 Å². The van der Waals surface area contributed by atoms with Crippen LogP contribution in [0.2, 0.25) is 0 Å². The van der Waals surface area contributed by atoms with Crippen LogP contribution < -0.4 is 0 Å². The minimum Gasteiger partial charge on any atom is -0.251 e. The van der Waals surface area contributed by atoms with Crippen molar-refractivity contribution in [3.05, 3.63) is 29.4 Å². The minimum absolute atomic E-state index is 0.877. The lowest BCUT2D eigenvalue weighted by Crippen LogP contribution is -2.02. The molecule has 0 N–H and O–H groups in total. The number of nitrogens with zero attached hydrogens (tertiary/aromatic N) is 4. The molecule has 1 aliphatic carbocycles. The second-order valence-electron chi connectivity index (χ2n) is 4.56. The van der Waals surface area contributed by atoms with Crippen molar-refractivity contribution >= 4 is 11.3 Å². The van der Waals surface area contributed by atoms with Crippen molar-refractivity contribution in [2.45, 2.75) is 38.6 Å². The van der Waals surface area contributed by atoms with Crippen molar-refractivity contribution in [2.24, 2.45) is 0 Å². The Hall–Kier alpha value is -1.49. The first-order valence-corrected chi connectivity index (χ1v) is 7.28. The van der Waals surface area contributed by atoms with Gasteiger partial charge in [-0.15, -0.1) is 16.4 Å². The van der Waals surface area contributed by atoms with Crippen molar-refractivity contribution in [1.82, 2.24) is 20.0 Å². The summed E-state index contributed by atoms with van der Waals surface area (Å²) in [5.41, 5.74) is 2.45. The summed E-state index contributed by atoms with van der Waals surface area (Å²) in [5.74, 6) is 0. The van der Waals surface area contributed by atoms with Crippen molar-refractivity contribution in [2.75, 3.05) is 0 Å². The molecule has 0 unspecified atom stereocenters. The molecule has 0 aliphatic heterocycles. The Labute approximate surface area is 110 Å². The number of rotatable bonds is 4. The van der Waals surface area contributed by atoms with E-state index in [9.17, 15) is 0 Å². The highest BCUT2D eigenvalue weighted by atomic mass is 32.1. The van der Waals surface area contributed by atoms with E-state index in [1.54, 1.807) is 23.1 Å². The van der Waals surface area contributed by atoms with Gasteiger partial charge in [-0.1, -0.05) is 16.9 Å². The van der Waals surface area contributed by atoms with E-state index in [-0.39, 0.29) is 0 Å². The van der Waals surface area contributed by atoms with Crippen LogP contribution >= 0.6 is 11.3 Å². The summed E-state index contributed by atoms with van der Waals surface area (Å²) in [6.07, 6.45) is 12.5. The summed E-state index contributed by atoms with van der Waals surface area (Å²) >= 11 is 1.60. The smallest absolute Gasteiger partial charge is 0.145 e. The highest BCUT2D eigenvalue weighted by Crippen LogP contribution is 2.21. The van der Waals surface area contributed by atoms with Gasteiger partial charge in [0.15, 0.2) is 0 Å². The Bertz CT molecular complexity index is 527. The summed E-state index contributed by atoms with van der Waals surface area (Å²) in [4.78, 5) is 4.24. The molecule has 0 amide bonds. The molecular weight excluding hydrogens is 244 g/mol. The Balaban J connectivity index is 1.62. The van der Waals surface area contributed by atoms with Crippen LogP contribution in [0.5, 0.6) is 0 Å². The minimum atomic E-state index is 0.877. The fourth-order valence-corrected chi connectivity index (χ4v) is 2.83. The standard InChI is InChI=1S/C13H16N4S/c1-2-4-11(5-3-1)6-8-17-10-12(15-16-17)13-14-7-9-18-13/h4,7,9-10H,1-3,5-6,8H2. The van der Waals surface area contributed by atoms with E-state index < -0.39 is 0 Å². The first-order chi connectivity index (χ1) is 8.92. The summed E-state index contributed by atoms with van der Waals surface area (Å²) in [6, 6.07) is 0. The molecular formula is C13H16N4S. The van der Waals surface area contributed by atoms with E-state index in [1.807, 2.05) is 16.3 Å². The van der Waals surface area contributed by atoms with E-state index >= 15 is 0 Å². The number of aryl methyl sites for hydroxylation is 1. The van der Waals surface area contributed by atoms with Crippen LogP contribution in [0.15, 0.2) is 29.4 Å². The van der Waals surface area contributed by atoms with Gasteiger partial charge >= 0.3 is 0 Å². The topological polar surface area (TPSA) is 43.6 Å². The second-order valence-corrected chi connectivity index (χ2v) is 5.46. The maximum absolute atomic E-state index is 4.24. The maximum atomic E-state index is 4.24. The number of hydrogen-bond acceptors (Lipinski definition) is 4. The number of aromatic nitrogens is 4. The van der Waals surface area contributed by atoms with Crippen LogP contribution in [-0.2, 0) is 6.54 Å². The van der Waals surface area contributed by atoms with Gasteiger partial charge in [0.05, 0.1) is 6.20 Å². The van der Waals surface area contributed by atoms with E-state index in [1.165, 1.54) is 25.7 Å². The predicted octanol–water partition coefficient (Wildman–Crippen LogP) is 3.29. The molecule has 0 bridgehead atoms. The summed E-state index contributed by atoms with van der Waals surface area (Å²) < 4.78 is 1.92. The fourth-order valence-electron chi connectivity index (χ4n) is 2.25. The zero-order chi connectivity index (χ0) is 12.2. The molecule has 0 aromatic carbocycles. The van der Waals surface area contributed by atoms with Crippen molar-refractivity contribution in [3.8, 4) is 10.7 Å². The van der Waals surface area contributed by atoms with E-state index in [0.717, 1.165) is 23.7 Å². The van der Waals surface area contributed by atoms with Gasteiger partial charge in [-0.25, -0.2) is 4.98 Å². The normalized spacial score (nSPS) is 15.7. The van der Waals surface area contributed by atoms with Gasteiger partial charge in [0, 0.05) is 18.1 Å². The molecule has 2 aromatic rings. The summed E-state index contributed by atoms with van der Waals surface area (Å²) in [6.45, 7) is 0.921. The van der Waals surface area contributed by atoms with Gasteiger partial charge in [0.2, 0.25) is 0 Å². The lowest BCUT2D eigenvalue weighted by Gasteiger charge is -2.11. The van der Waals surface area contributed by atoms with Crippen LogP contribution in [0.25, 0.3) is 10.7 Å². The van der Waals surface area contributed by atoms with Gasteiger partial charge in [0.1, 0.15) is 10.7 Å². The molecule has 0 radical (unpaired) electrons. The molecule has 18 heavy (non-hydrogen) atoms. The molecule has 94 valence electrons. The van der Waals surface area contributed by atoms with Gasteiger partial charge in [0.25, 0.3) is 0 Å². The first-order valence-electron chi connectivity index (χ1n) is 6.40. The molecule has 0 spiro atoms. The van der Waals surface area contributed by atoms with E-state index in [0.29, 0.717) is 0 Å². The van der Waals surface area contributed by atoms with Gasteiger partial charge in [-0.2, -0.15) is 0 Å². The zero-order valence-electron chi connectivity index (χ0n) is 10.2. The third-order valence-electron chi connectivity index (χ3n) is 3.24. The Morgan fingerprint density at radius 3 is 3.11 bits per heavy atom. The predicted molar refractivity (Wildman–Crippen MR) is 72.3 cm³/mol. The van der Waals surface area contributed by atoms with E-state index in [4.69, 9.17) is 0 Å². The first kappa shape index (κ1) is 11.6.